The first kappa shape index (κ1) is 10.2. The van der Waals surface area contributed by atoms with E-state index < -0.39 is 0 Å². The molecule has 0 saturated carbocycles. The summed E-state index contributed by atoms with van der Waals surface area (Å²) in [5, 5.41) is 0. The van der Waals surface area contributed by atoms with Crippen molar-refractivity contribution in [3.63, 3.8) is 0 Å². The number of anilines is 3. The highest BCUT2D eigenvalue weighted by molar-refractivity contribution is 5.72. The van der Waals surface area contributed by atoms with E-state index in [1.807, 2.05) is 19.1 Å². The van der Waals surface area contributed by atoms with Crippen molar-refractivity contribution in [2.45, 2.75) is 6.92 Å². The summed E-state index contributed by atoms with van der Waals surface area (Å²) < 4.78 is 0. The molecule has 6 nitrogen and oxygen atoms in total. The summed E-state index contributed by atoms with van der Waals surface area (Å²) in [7, 11) is 0. The minimum Gasteiger partial charge on any atom is -0.398 e. The van der Waals surface area contributed by atoms with Crippen LogP contribution in [0.4, 0.5) is 17.6 Å². The third-order valence-corrected chi connectivity index (χ3v) is 2.12. The van der Waals surface area contributed by atoms with Crippen LogP contribution < -0.4 is 17.2 Å². The molecule has 1 aromatic carbocycles. The topological polar surface area (TPSA) is 117 Å². The number of nitrogens with zero attached hydrogens (tertiary/aromatic N) is 3. The lowest BCUT2D eigenvalue weighted by Gasteiger charge is -2.06. The molecular formula is C10H12N6. The molecule has 0 bridgehead atoms. The molecule has 0 atom stereocenters. The number of hydrogen-bond acceptors (Lipinski definition) is 6. The van der Waals surface area contributed by atoms with E-state index in [4.69, 9.17) is 17.2 Å². The second-order valence-corrected chi connectivity index (χ2v) is 3.47. The monoisotopic (exact) mass is 216 g/mol. The van der Waals surface area contributed by atoms with Gasteiger partial charge >= 0.3 is 0 Å². The maximum Gasteiger partial charge on any atom is 0.225 e. The largest absolute Gasteiger partial charge is 0.398 e. The van der Waals surface area contributed by atoms with Gasteiger partial charge in [0.05, 0.1) is 0 Å². The highest BCUT2D eigenvalue weighted by atomic mass is 15.1. The Balaban J connectivity index is 2.62. The first-order valence-corrected chi connectivity index (χ1v) is 4.70. The van der Waals surface area contributed by atoms with E-state index in [2.05, 4.69) is 15.0 Å². The highest BCUT2D eigenvalue weighted by Gasteiger charge is 2.08. The van der Waals surface area contributed by atoms with E-state index in [0.717, 1.165) is 5.56 Å². The molecule has 0 radical (unpaired) electrons. The van der Waals surface area contributed by atoms with Crippen molar-refractivity contribution in [1.29, 1.82) is 0 Å². The van der Waals surface area contributed by atoms with E-state index in [1.54, 1.807) is 6.07 Å². The molecule has 6 heteroatoms. The quantitative estimate of drug-likeness (QED) is 0.601. The van der Waals surface area contributed by atoms with Crippen molar-refractivity contribution >= 4 is 17.6 Å². The van der Waals surface area contributed by atoms with Crippen LogP contribution in [0.1, 0.15) is 5.56 Å². The summed E-state index contributed by atoms with van der Waals surface area (Å²) in [5.74, 6) is 0.568. The molecule has 82 valence electrons. The summed E-state index contributed by atoms with van der Waals surface area (Å²) in [6.07, 6.45) is 0. The zero-order chi connectivity index (χ0) is 11.7. The Bertz CT molecular complexity index is 517. The molecule has 0 saturated heterocycles. The lowest BCUT2D eigenvalue weighted by Crippen LogP contribution is -2.05. The zero-order valence-electron chi connectivity index (χ0n) is 8.81. The van der Waals surface area contributed by atoms with E-state index in [-0.39, 0.29) is 11.9 Å². The van der Waals surface area contributed by atoms with Gasteiger partial charge in [-0.15, -0.1) is 0 Å². The number of hydrogen-bond donors (Lipinski definition) is 3. The second kappa shape index (κ2) is 3.65. The molecule has 0 aliphatic carbocycles. The maximum absolute atomic E-state index is 5.84. The summed E-state index contributed by atoms with van der Waals surface area (Å²) in [4.78, 5) is 11.7. The fourth-order valence-electron chi connectivity index (χ4n) is 1.39. The molecule has 0 unspecified atom stereocenters. The molecule has 6 N–H and O–H groups in total. The Morgan fingerprint density at radius 1 is 0.938 bits per heavy atom. The van der Waals surface area contributed by atoms with Gasteiger partial charge in [-0.05, 0) is 19.1 Å². The third kappa shape index (κ3) is 1.85. The van der Waals surface area contributed by atoms with Crippen LogP contribution in [0.15, 0.2) is 18.2 Å². The Kier molecular flexibility index (Phi) is 2.32. The molecular weight excluding hydrogens is 204 g/mol. The Morgan fingerprint density at radius 2 is 1.56 bits per heavy atom. The van der Waals surface area contributed by atoms with Gasteiger partial charge in [0.2, 0.25) is 11.9 Å². The highest BCUT2D eigenvalue weighted by Crippen LogP contribution is 2.24. The van der Waals surface area contributed by atoms with Crippen molar-refractivity contribution < 1.29 is 0 Å². The number of nitrogens with two attached hydrogens (primary N) is 3. The van der Waals surface area contributed by atoms with E-state index >= 15 is 0 Å². The Morgan fingerprint density at radius 3 is 2.19 bits per heavy atom. The van der Waals surface area contributed by atoms with Gasteiger partial charge in [-0.1, -0.05) is 11.6 Å². The van der Waals surface area contributed by atoms with Crippen molar-refractivity contribution in [2.75, 3.05) is 17.2 Å². The average Bonchev–Trinajstić information content (AvgIpc) is 2.20. The predicted octanol–water partition coefficient (Wildman–Crippen LogP) is 0.594. The van der Waals surface area contributed by atoms with Gasteiger partial charge in [-0.25, -0.2) is 0 Å². The fraction of sp³-hybridized carbons (Fsp3) is 0.100. The molecule has 0 aliphatic heterocycles. The van der Waals surface area contributed by atoms with Crippen molar-refractivity contribution in [2.24, 2.45) is 0 Å². The van der Waals surface area contributed by atoms with Crippen LogP contribution in [0, 0.1) is 6.92 Å². The SMILES string of the molecule is Cc1ccc(N)c(-c2nc(N)nc(N)n2)c1. The summed E-state index contributed by atoms with van der Waals surface area (Å²) in [6.45, 7) is 1.96. The van der Waals surface area contributed by atoms with Crippen molar-refractivity contribution in [3.05, 3.63) is 23.8 Å². The molecule has 0 fully saturated rings. The fourth-order valence-corrected chi connectivity index (χ4v) is 1.39. The number of benzene rings is 1. The summed E-state index contributed by atoms with van der Waals surface area (Å²) in [5.41, 5.74) is 19.2. The van der Waals surface area contributed by atoms with Gasteiger partial charge in [0, 0.05) is 11.3 Å². The average molecular weight is 216 g/mol. The lowest BCUT2D eigenvalue weighted by molar-refractivity contribution is 1.09. The smallest absolute Gasteiger partial charge is 0.225 e. The van der Waals surface area contributed by atoms with Crippen LogP contribution in [0.3, 0.4) is 0 Å². The van der Waals surface area contributed by atoms with Gasteiger partial charge in [-0.2, -0.15) is 15.0 Å². The summed E-state index contributed by atoms with van der Waals surface area (Å²) in [6, 6.07) is 5.58. The van der Waals surface area contributed by atoms with Crippen molar-refractivity contribution in [1.82, 2.24) is 15.0 Å². The summed E-state index contributed by atoms with van der Waals surface area (Å²) >= 11 is 0. The van der Waals surface area contributed by atoms with E-state index in [0.29, 0.717) is 17.1 Å². The molecule has 1 heterocycles. The predicted molar refractivity (Wildman–Crippen MR) is 63.2 cm³/mol. The first-order valence-electron chi connectivity index (χ1n) is 4.70. The number of nitrogen functional groups attached to an aromatic ring is 3. The van der Waals surface area contributed by atoms with Crippen LogP contribution in [-0.2, 0) is 0 Å². The van der Waals surface area contributed by atoms with Gasteiger partial charge in [-0.3, -0.25) is 0 Å². The number of aryl methyl sites for hydroxylation is 1. The van der Waals surface area contributed by atoms with E-state index in [1.165, 1.54) is 0 Å². The molecule has 0 amide bonds. The Labute approximate surface area is 92.5 Å². The molecule has 0 spiro atoms. The van der Waals surface area contributed by atoms with Crippen LogP contribution in [0.25, 0.3) is 11.4 Å². The van der Waals surface area contributed by atoms with Gasteiger partial charge in [0.25, 0.3) is 0 Å². The lowest BCUT2D eigenvalue weighted by atomic mass is 10.1. The van der Waals surface area contributed by atoms with Gasteiger partial charge in [0.1, 0.15) is 0 Å². The maximum atomic E-state index is 5.84. The van der Waals surface area contributed by atoms with E-state index in [9.17, 15) is 0 Å². The molecule has 2 rings (SSSR count). The van der Waals surface area contributed by atoms with Gasteiger partial charge in [0.15, 0.2) is 5.82 Å². The molecule has 0 aliphatic rings. The first-order chi connectivity index (χ1) is 7.56. The zero-order valence-corrected chi connectivity index (χ0v) is 8.81. The minimum absolute atomic E-state index is 0.0865. The van der Waals surface area contributed by atoms with Crippen LogP contribution in [0.2, 0.25) is 0 Å². The normalized spacial score (nSPS) is 10.3. The Hall–Kier alpha value is -2.37. The van der Waals surface area contributed by atoms with Crippen molar-refractivity contribution in [3.8, 4) is 11.4 Å². The van der Waals surface area contributed by atoms with Crippen LogP contribution in [-0.4, -0.2) is 15.0 Å². The third-order valence-electron chi connectivity index (χ3n) is 2.12. The molecule has 1 aromatic heterocycles. The standard InChI is InChI=1S/C10H12N6/c1-5-2-3-7(11)6(4-5)8-14-9(12)16-10(13)15-8/h2-4H,11H2,1H3,(H4,12,13,14,15,16). The van der Waals surface area contributed by atoms with Crippen LogP contribution >= 0.6 is 0 Å². The molecule has 2 aromatic rings. The number of rotatable bonds is 1. The second-order valence-electron chi connectivity index (χ2n) is 3.47. The molecule has 16 heavy (non-hydrogen) atoms. The van der Waals surface area contributed by atoms with Crippen LogP contribution in [0.5, 0.6) is 0 Å². The minimum atomic E-state index is 0.0865. The number of aromatic nitrogens is 3. The van der Waals surface area contributed by atoms with Gasteiger partial charge < -0.3 is 17.2 Å².